The third-order valence-corrected chi connectivity index (χ3v) is 4.47. The van der Waals surface area contributed by atoms with Crippen LogP contribution in [0.5, 0.6) is 0 Å². The van der Waals surface area contributed by atoms with Crippen LogP contribution in [-0.2, 0) is 6.42 Å². The van der Waals surface area contributed by atoms with Crippen molar-refractivity contribution in [3.63, 3.8) is 0 Å². The standard InChI is InChI=1S/C19H12N12/c1-2-6-13-12(5-1)26-30(27-13)18-22-10-20-16(24-18)9-17-21-11-23-19(25-17)31-28-14-7-3-4-8-15(14)29-31/h1-8,10-11H,9H2. The van der Waals surface area contributed by atoms with E-state index in [1.54, 1.807) is 0 Å². The highest BCUT2D eigenvalue weighted by atomic mass is 15.5. The molecule has 0 saturated heterocycles. The zero-order valence-electron chi connectivity index (χ0n) is 15.8. The molecule has 0 N–H and O–H groups in total. The van der Waals surface area contributed by atoms with E-state index in [-0.39, 0.29) is 6.42 Å². The molecule has 0 radical (unpaired) electrons. The molecule has 0 spiro atoms. The molecule has 0 atom stereocenters. The summed E-state index contributed by atoms with van der Waals surface area (Å²) in [7, 11) is 0. The van der Waals surface area contributed by atoms with Gasteiger partial charge in [-0.1, -0.05) is 24.3 Å². The number of benzene rings is 2. The summed E-state index contributed by atoms with van der Waals surface area (Å²) in [5.74, 6) is 1.58. The Hall–Kier alpha value is -4.74. The first-order valence-corrected chi connectivity index (χ1v) is 9.33. The second kappa shape index (κ2) is 6.95. The van der Waals surface area contributed by atoms with Crippen LogP contribution in [0, 0.1) is 0 Å². The molecule has 0 amide bonds. The highest BCUT2D eigenvalue weighted by molar-refractivity contribution is 5.73. The number of rotatable bonds is 4. The van der Waals surface area contributed by atoms with E-state index in [4.69, 9.17) is 0 Å². The molecule has 12 nitrogen and oxygen atoms in total. The molecule has 6 rings (SSSR count). The van der Waals surface area contributed by atoms with Gasteiger partial charge in [0, 0.05) is 0 Å². The Morgan fingerprint density at radius 2 is 0.903 bits per heavy atom. The second-order valence-electron chi connectivity index (χ2n) is 6.54. The zero-order chi connectivity index (χ0) is 20.6. The van der Waals surface area contributed by atoms with Gasteiger partial charge in [-0.25, -0.2) is 9.97 Å². The molecule has 4 heterocycles. The highest BCUT2D eigenvalue weighted by Crippen LogP contribution is 2.11. The van der Waals surface area contributed by atoms with Gasteiger partial charge in [0.1, 0.15) is 46.4 Å². The number of aromatic nitrogens is 12. The van der Waals surface area contributed by atoms with E-state index in [2.05, 4.69) is 50.3 Å². The first kappa shape index (κ1) is 17.1. The monoisotopic (exact) mass is 408 g/mol. The van der Waals surface area contributed by atoms with E-state index in [9.17, 15) is 0 Å². The number of hydrogen-bond acceptors (Lipinski definition) is 10. The molecule has 6 aromatic rings. The van der Waals surface area contributed by atoms with Crippen LogP contribution >= 0.6 is 0 Å². The Labute approximate surface area is 173 Å². The summed E-state index contributed by atoms with van der Waals surface area (Å²) in [6, 6.07) is 15.1. The van der Waals surface area contributed by atoms with Crippen LogP contribution < -0.4 is 0 Å². The highest BCUT2D eigenvalue weighted by Gasteiger charge is 2.12. The lowest BCUT2D eigenvalue weighted by Crippen LogP contribution is -2.11. The number of nitrogens with zero attached hydrogens (tertiary/aromatic N) is 12. The lowest BCUT2D eigenvalue weighted by molar-refractivity contribution is 0.681. The van der Waals surface area contributed by atoms with Crippen LogP contribution in [0.25, 0.3) is 34.0 Å². The number of fused-ring (bicyclic) bond motifs is 2. The minimum absolute atomic E-state index is 0.270. The van der Waals surface area contributed by atoms with Crippen molar-refractivity contribution in [3.05, 3.63) is 72.8 Å². The van der Waals surface area contributed by atoms with Crippen molar-refractivity contribution in [2.45, 2.75) is 6.42 Å². The Kier molecular flexibility index (Phi) is 3.84. The zero-order valence-corrected chi connectivity index (χ0v) is 15.8. The van der Waals surface area contributed by atoms with Gasteiger partial charge in [0.15, 0.2) is 0 Å². The fraction of sp³-hybridized carbons (Fsp3) is 0.0526. The molecule has 0 aliphatic heterocycles. The maximum absolute atomic E-state index is 4.45. The lowest BCUT2D eigenvalue weighted by atomic mass is 10.3. The molecule has 12 heteroatoms. The molecular formula is C19H12N12. The summed E-state index contributed by atoms with van der Waals surface area (Å²) in [6.07, 6.45) is 3.10. The quantitative estimate of drug-likeness (QED) is 0.417. The third-order valence-electron chi connectivity index (χ3n) is 4.47. The first-order valence-electron chi connectivity index (χ1n) is 9.33. The normalized spacial score (nSPS) is 11.4. The van der Waals surface area contributed by atoms with Gasteiger partial charge in [0.2, 0.25) is 0 Å². The van der Waals surface area contributed by atoms with E-state index >= 15 is 0 Å². The molecule has 148 valence electrons. The van der Waals surface area contributed by atoms with E-state index in [1.807, 2.05) is 48.5 Å². The third kappa shape index (κ3) is 3.21. The average molecular weight is 408 g/mol. The van der Waals surface area contributed by atoms with Crippen molar-refractivity contribution in [2.75, 3.05) is 0 Å². The van der Waals surface area contributed by atoms with Crippen LogP contribution in [0.4, 0.5) is 0 Å². The topological polar surface area (TPSA) is 139 Å². The van der Waals surface area contributed by atoms with Crippen LogP contribution in [0.15, 0.2) is 61.2 Å². The van der Waals surface area contributed by atoms with Gasteiger partial charge in [-0.2, -0.15) is 19.9 Å². The molecule has 0 bridgehead atoms. The first-order chi connectivity index (χ1) is 15.3. The van der Waals surface area contributed by atoms with Crippen molar-refractivity contribution >= 4 is 22.1 Å². The van der Waals surface area contributed by atoms with Crippen LogP contribution in [0.3, 0.4) is 0 Å². The molecule has 0 unspecified atom stereocenters. The summed E-state index contributed by atoms with van der Waals surface area (Å²) in [5.41, 5.74) is 3.02. The lowest BCUT2D eigenvalue weighted by Gasteiger charge is -2.02. The van der Waals surface area contributed by atoms with Crippen molar-refractivity contribution in [3.8, 4) is 11.9 Å². The van der Waals surface area contributed by atoms with E-state index in [1.165, 1.54) is 22.2 Å². The van der Waals surface area contributed by atoms with Crippen LogP contribution in [0.2, 0.25) is 0 Å². The molecule has 31 heavy (non-hydrogen) atoms. The van der Waals surface area contributed by atoms with E-state index < -0.39 is 0 Å². The Balaban J connectivity index is 1.30. The van der Waals surface area contributed by atoms with E-state index in [0.29, 0.717) is 23.5 Å². The van der Waals surface area contributed by atoms with Gasteiger partial charge in [0.05, 0.1) is 6.42 Å². The summed E-state index contributed by atoms with van der Waals surface area (Å²) in [6.45, 7) is 0. The predicted octanol–water partition coefficient (Wildman–Crippen LogP) is 1.12. The predicted molar refractivity (Wildman–Crippen MR) is 107 cm³/mol. The molecule has 0 aliphatic carbocycles. The summed E-state index contributed by atoms with van der Waals surface area (Å²) in [4.78, 5) is 28.5. The van der Waals surface area contributed by atoms with Gasteiger partial charge in [-0.05, 0) is 24.3 Å². The van der Waals surface area contributed by atoms with Gasteiger partial charge in [0.25, 0.3) is 11.9 Å². The minimum Gasteiger partial charge on any atom is -0.221 e. The smallest absolute Gasteiger partial charge is 0.221 e. The van der Waals surface area contributed by atoms with Crippen molar-refractivity contribution < 1.29 is 0 Å². The molecule has 4 aromatic heterocycles. The summed E-state index contributed by atoms with van der Waals surface area (Å²) >= 11 is 0. The molecular weight excluding hydrogens is 396 g/mol. The van der Waals surface area contributed by atoms with Gasteiger partial charge in [-0.3, -0.25) is 0 Å². The van der Waals surface area contributed by atoms with Crippen molar-refractivity contribution in [1.82, 2.24) is 59.9 Å². The Morgan fingerprint density at radius 3 is 1.29 bits per heavy atom. The van der Waals surface area contributed by atoms with Gasteiger partial charge >= 0.3 is 0 Å². The van der Waals surface area contributed by atoms with Crippen LogP contribution in [-0.4, -0.2) is 59.9 Å². The summed E-state index contributed by atoms with van der Waals surface area (Å²) < 4.78 is 0. The molecule has 0 saturated carbocycles. The maximum atomic E-state index is 4.45. The molecule has 0 aliphatic rings. The second-order valence-corrected chi connectivity index (χ2v) is 6.54. The van der Waals surface area contributed by atoms with Crippen LogP contribution in [0.1, 0.15) is 11.6 Å². The maximum Gasteiger partial charge on any atom is 0.271 e. The summed E-state index contributed by atoms with van der Waals surface area (Å²) in [5, 5.41) is 17.6. The van der Waals surface area contributed by atoms with Gasteiger partial charge in [-0.15, -0.1) is 30.0 Å². The average Bonchev–Trinajstić information content (AvgIpc) is 3.44. The largest absolute Gasteiger partial charge is 0.271 e. The van der Waals surface area contributed by atoms with E-state index in [0.717, 1.165) is 22.1 Å². The Bertz CT molecular complexity index is 1350. The molecule has 0 fully saturated rings. The SMILES string of the molecule is c1ccc2nn(-c3ncnc(Cc4ncnc(-n5nc6ccccc6n5)n4)n3)nc2c1. The fourth-order valence-corrected chi connectivity index (χ4v) is 3.04. The fourth-order valence-electron chi connectivity index (χ4n) is 3.04. The minimum atomic E-state index is 0.270. The Morgan fingerprint density at radius 1 is 0.516 bits per heavy atom. The van der Waals surface area contributed by atoms with Crippen molar-refractivity contribution in [1.29, 1.82) is 0 Å². The van der Waals surface area contributed by atoms with Crippen molar-refractivity contribution in [2.24, 2.45) is 0 Å². The van der Waals surface area contributed by atoms with Gasteiger partial charge < -0.3 is 0 Å². The number of hydrogen-bond donors (Lipinski definition) is 0. The molecule has 2 aromatic carbocycles.